The lowest BCUT2D eigenvalue weighted by Gasteiger charge is -2.27. The van der Waals surface area contributed by atoms with Crippen LogP contribution in [0.4, 0.5) is 4.79 Å². The van der Waals surface area contributed by atoms with Crippen LogP contribution in [0.2, 0.25) is 0 Å². The Bertz CT molecular complexity index is 181. The lowest BCUT2D eigenvalue weighted by molar-refractivity contribution is 0.0521. The van der Waals surface area contributed by atoms with Crippen molar-refractivity contribution < 1.29 is 14.6 Å². The van der Waals surface area contributed by atoms with Gasteiger partial charge >= 0.3 is 6.03 Å². The molecule has 1 aliphatic heterocycles. The second-order valence-corrected chi connectivity index (χ2v) is 3.35. The van der Waals surface area contributed by atoms with Gasteiger partial charge in [0.15, 0.2) is 0 Å². The molecule has 5 heteroatoms. The number of urea groups is 1. The van der Waals surface area contributed by atoms with Crippen LogP contribution in [0.3, 0.4) is 0 Å². The van der Waals surface area contributed by atoms with Crippen molar-refractivity contribution in [1.82, 2.24) is 10.2 Å². The SMILES string of the molecule is CCC(O)CNC(=O)N1CCOCC1. The first kappa shape index (κ1) is 11.3. The zero-order valence-electron chi connectivity index (χ0n) is 8.53. The quantitative estimate of drug-likeness (QED) is 0.666. The summed E-state index contributed by atoms with van der Waals surface area (Å²) in [4.78, 5) is 13.2. The molecular formula is C9H18N2O3. The Balaban J connectivity index is 2.19. The van der Waals surface area contributed by atoms with Crippen LogP contribution in [0.1, 0.15) is 13.3 Å². The number of hydrogen-bond donors (Lipinski definition) is 2. The van der Waals surface area contributed by atoms with Crippen molar-refractivity contribution in [2.24, 2.45) is 0 Å². The molecule has 1 aliphatic rings. The van der Waals surface area contributed by atoms with Crippen LogP contribution in [0.15, 0.2) is 0 Å². The summed E-state index contributed by atoms with van der Waals surface area (Å²) in [7, 11) is 0. The molecular weight excluding hydrogens is 184 g/mol. The van der Waals surface area contributed by atoms with E-state index in [1.165, 1.54) is 0 Å². The van der Waals surface area contributed by atoms with Crippen molar-refractivity contribution >= 4 is 6.03 Å². The highest BCUT2D eigenvalue weighted by Gasteiger charge is 2.16. The van der Waals surface area contributed by atoms with E-state index < -0.39 is 6.10 Å². The molecule has 1 atom stereocenters. The summed E-state index contributed by atoms with van der Waals surface area (Å²) < 4.78 is 5.13. The van der Waals surface area contributed by atoms with Gasteiger partial charge in [0.1, 0.15) is 0 Å². The highest BCUT2D eigenvalue weighted by molar-refractivity contribution is 5.74. The van der Waals surface area contributed by atoms with Crippen molar-refractivity contribution in [2.45, 2.75) is 19.4 Å². The van der Waals surface area contributed by atoms with Crippen molar-refractivity contribution in [3.8, 4) is 0 Å². The number of ether oxygens (including phenoxy) is 1. The maximum Gasteiger partial charge on any atom is 0.317 e. The Morgan fingerprint density at radius 1 is 1.57 bits per heavy atom. The van der Waals surface area contributed by atoms with E-state index >= 15 is 0 Å². The average Bonchev–Trinajstić information content (AvgIpc) is 2.26. The Morgan fingerprint density at radius 2 is 2.21 bits per heavy atom. The fourth-order valence-corrected chi connectivity index (χ4v) is 1.23. The molecule has 5 nitrogen and oxygen atoms in total. The van der Waals surface area contributed by atoms with Crippen LogP contribution in [0, 0.1) is 0 Å². The molecule has 0 saturated carbocycles. The first-order chi connectivity index (χ1) is 6.74. The molecule has 0 radical (unpaired) electrons. The highest BCUT2D eigenvalue weighted by Crippen LogP contribution is 1.97. The van der Waals surface area contributed by atoms with E-state index in [2.05, 4.69) is 5.32 Å². The van der Waals surface area contributed by atoms with Gasteiger partial charge < -0.3 is 20.1 Å². The first-order valence-corrected chi connectivity index (χ1v) is 5.02. The van der Waals surface area contributed by atoms with Gasteiger partial charge in [0.05, 0.1) is 19.3 Å². The number of nitrogens with one attached hydrogen (secondary N) is 1. The van der Waals surface area contributed by atoms with E-state index in [1.54, 1.807) is 4.90 Å². The predicted molar refractivity (Wildman–Crippen MR) is 52.1 cm³/mol. The molecule has 1 unspecified atom stereocenters. The lowest BCUT2D eigenvalue weighted by atomic mass is 10.3. The minimum absolute atomic E-state index is 0.110. The highest BCUT2D eigenvalue weighted by atomic mass is 16.5. The minimum atomic E-state index is -0.444. The van der Waals surface area contributed by atoms with Crippen LogP contribution in [-0.2, 0) is 4.74 Å². The summed E-state index contributed by atoms with van der Waals surface area (Å²) in [5.74, 6) is 0. The number of rotatable bonds is 3. The van der Waals surface area contributed by atoms with Crippen LogP contribution in [-0.4, -0.2) is 55.0 Å². The normalized spacial score (nSPS) is 19.1. The largest absolute Gasteiger partial charge is 0.391 e. The fourth-order valence-electron chi connectivity index (χ4n) is 1.23. The number of hydrogen-bond acceptors (Lipinski definition) is 3. The molecule has 1 heterocycles. The van der Waals surface area contributed by atoms with Gasteiger partial charge in [-0.15, -0.1) is 0 Å². The summed E-state index contributed by atoms with van der Waals surface area (Å²) >= 11 is 0. The molecule has 1 saturated heterocycles. The number of carbonyl (C=O) groups is 1. The van der Waals surface area contributed by atoms with E-state index in [1.807, 2.05) is 6.92 Å². The Morgan fingerprint density at radius 3 is 2.79 bits per heavy atom. The zero-order chi connectivity index (χ0) is 10.4. The van der Waals surface area contributed by atoms with E-state index in [4.69, 9.17) is 4.74 Å². The zero-order valence-corrected chi connectivity index (χ0v) is 8.53. The van der Waals surface area contributed by atoms with Crippen molar-refractivity contribution in [2.75, 3.05) is 32.8 Å². The molecule has 0 spiro atoms. The third-order valence-electron chi connectivity index (χ3n) is 2.26. The molecule has 1 rings (SSSR count). The molecule has 82 valence electrons. The topological polar surface area (TPSA) is 61.8 Å². The van der Waals surface area contributed by atoms with Crippen LogP contribution in [0.5, 0.6) is 0 Å². The summed E-state index contributed by atoms with van der Waals surface area (Å²) in [6.07, 6.45) is 0.212. The number of nitrogens with zero attached hydrogens (tertiary/aromatic N) is 1. The van der Waals surface area contributed by atoms with Gasteiger partial charge in [-0.3, -0.25) is 0 Å². The Hall–Kier alpha value is -0.810. The second kappa shape index (κ2) is 5.82. The van der Waals surface area contributed by atoms with Crippen LogP contribution >= 0.6 is 0 Å². The van der Waals surface area contributed by atoms with Gasteiger partial charge in [0.2, 0.25) is 0 Å². The summed E-state index contributed by atoms with van der Waals surface area (Å²) in [6.45, 7) is 4.67. The van der Waals surface area contributed by atoms with E-state index in [-0.39, 0.29) is 6.03 Å². The number of aliphatic hydroxyl groups is 1. The summed E-state index contributed by atoms with van der Waals surface area (Å²) in [5, 5.41) is 11.9. The van der Waals surface area contributed by atoms with Gasteiger partial charge in [0.25, 0.3) is 0 Å². The number of carbonyl (C=O) groups excluding carboxylic acids is 1. The summed E-state index contributed by atoms with van der Waals surface area (Å²) in [6, 6.07) is -0.110. The minimum Gasteiger partial charge on any atom is -0.391 e. The Labute approximate surface area is 84.0 Å². The van der Waals surface area contributed by atoms with Crippen molar-refractivity contribution in [3.05, 3.63) is 0 Å². The average molecular weight is 202 g/mol. The molecule has 1 fully saturated rings. The second-order valence-electron chi connectivity index (χ2n) is 3.35. The molecule has 0 bridgehead atoms. The van der Waals surface area contributed by atoms with Gasteiger partial charge in [-0.25, -0.2) is 4.79 Å². The molecule has 2 amide bonds. The van der Waals surface area contributed by atoms with E-state index in [9.17, 15) is 9.90 Å². The molecule has 0 aromatic heterocycles. The van der Waals surface area contributed by atoms with Crippen LogP contribution < -0.4 is 5.32 Å². The van der Waals surface area contributed by atoms with Crippen molar-refractivity contribution in [1.29, 1.82) is 0 Å². The van der Waals surface area contributed by atoms with Gasteiger partial charge in [-0.1, -0.05) is 6.92 Å². The van der Waals surface area contributed by atoms with Gasteiger partial charge in [-0.05, 0) is 6.42 Å². The third kappa shape index (κ3) is 3.51. The molecule has 2 N–H and O–H groups in total. The van der Waals surface area contributed by atoms with Gasteiger partial charge in [-0.2, -0.15) is 0 Å². The van der Waals surface area contributed by atoms with E-state index in [0.717, 1.165) is 0 Å². The molecule has 0 aromatic carbocycles. The number of morpholine rings is 1. The maximum absolute atomic E-state index is 11.5. The molecule has 0 aliphatic carbocycles. The van der Waals surface area contributed by atoms with Crippen molar-refractivity contribution in [3.63, 3.8) is 0 Å². The monoisotopic (exact) mass is 202 g/mol. The van der Waals surface area contributed by atoms with Crippen LogP contribution in [0.25, 0.3) is 0 Å². The lowest BCUT2D eigenvalue weighted by Crippen LogP contribution is -2.47. The standard InChI is InChI=1S/C9H18N2O3/c1-2-8(12)7-10-9(13)11-3-5-14-6-4-11/h8,12H,2-7H2,1H3,(H,10,13). The molecule has 14 heavy (non-hydrogen) atoms. The smallest absolute Gasteiger partial charge is 0.317 e. The third-order valence-corrected chi connectivity index (χ3v) is 2.26. The Kier molecular flexibility index (Phi) is 4.69. The maximum atomic E-state index is 11.5. The predicted octanol–water partition coefficient (Wildman–Crippen LogP) is -0.201. The molecule has 0 aromatic rings. The van der Waals surface area contributed by atoms with E-state index in [0.29, 0.717) is 39.3 Å². The first-order valence-electron chi connectivity index (χ1n) is 5.02. The van der Waals surface area contributed by atoms with Gasteiger partial charge in [0, 0.05) is 19.6 Å². The fraction of sp³-hybridized carbons (Fsp3) is 0.889. The summed E-state index contributed by atoms with van der Waals surface area (Å²) in [5.41, 5.74) is 0. The number of amides is 2. The number of aliphatic hydroxyl groups excluding tert-OH is 1.